The number of benzene rings is 2. The molecule has 0 radical (unpaired) electrons. The van der Waals surface area contributed by atoms with Crippen molar-refractivity contribution < 1.29 is 9.53 Å². The molecule has 0 atom stereocenters. The van der Waals surface area contributed by atoms with Crippen LogP contribution in [0.3, 0.4) is 0 Å². The lowest BCUT2D eigenvalue weighted by Crippen LogP contribution is -2.26. The second kappa shape index (κ2) is 6.79. The van der Waals surface area contributed by atoms with Gasteiger partial charge in [-0.15, -0.1) is 0 Å². The molecule has 21 heavy (non-hydrogen) atoms. The van der Waals surface area contributed by atoms with Crippen molar-refractivity contribution in [1.82, 2.24) is 0 Å². The van der Waals surface area contributed by atoms with Gasteiger partial charge in [0, 0.05) is 30.5 Å². The Kier molecular flexibility index (Phi) is 4.82. The third kappa shape index (κ3) is 3.54. The highest BCUT2D eigenvalue weighted by Crippen LogP contribution is 2.20. The summed E-state index contributed by atoms with van der Waals surface area (Å²) in [6, 6.07) is 14.9. The fourth-order valence-corrected chi connectivity index (χ4v) is 2.05. The number of hydrogen-bond acceptors (Lipinski definition) is 3. The summed E-state index contributed by atoms with van der Waals surface area (Å²) >= 11 is 0. The van der Waals surface area contributed by atoms with Crippen LogP contribution >= 0.6 is 0 Å². The molecule has 0 aliphatic heterocycles. The highest BCUT2D eigenvalue weighted by atomic mass is 16.5. The van der Waals surface area contributed by atoms with E-state index in [2.05, 4.69) is 5.32 Å². The summed E-state index contributed by atoms with van der Waals surface area (Å²) in [6.07, 6.45) is 0. The molecule has 1 N–H and O–H groups in total. The quantitative estimate of drug-likeness (QED) is 0.915. The smallest absolute Gasteiger partial charge is 0.258 e. The first-order valence-electron chi connectivity index (χ1n) is 6.91. The van der Waals surface area contributed by atoms with Gasteiger partial charge >= 0.3 is 0 Å². The van der Waals surface area contributed by atoms with E-state index in [-0.39, 0.29) is 5.91 Å². The molecule has 0 spiro atoms. The monoisotopic (exact) mass is 284 g/mol. The summed E-state index contributed by atoms with van der Waals surface area (Å²) in [7, 11) is 3.39. The number of nitrogens with one attached hydrogen (secondary N) is 1. The minimum absolute atomic E-state index is 0.0387. The van der Waals surface area contributed by atoms with Crippen molar-refractivity contribution in [3.63, 3.8) is 0 Å². The summed E-state index contributed by atoms with van der Waals surface area (Å²) in [5.74, 6) is 0.734. The standard InChI is InChI=1S/C17H20N2O2/c1-4-18-14-7-5-13(6-8-14)17(20)19(2)15-9-11-16(21-3)12-10-15/h5-12,18H,4H2,1-3H3. The minimum Gasteiger partial charge on any atom is -0.497 e. The van der Waals surface area contributed by atoms with Crippen LogP contribution in [0.15, 0.2) is 48.5 Å². The molecule has 4 heteroatoms. The van der Waals surface area contributed by atoms with Gasteiger partial charge in [0.25, 0.3) is 5.91 Å². The Morgan fingerprint density at radius 1 is 1.10 bits per heavy atom. The average Bonchev–Trinajstić information content (AvgIpc) is 2.54. The Morgan fingerprint density at radius 2 is 1.71 bits per heavy atom. The Hall–Kier alpha value is -2.49. The molecule has 0 aromatic heterocycles. The van der Waals surface area contributed by atoms with Gasteiger partial charge in [0.2, 0.25) is 0 Å². The van der Waals surface area contributed by atoms with Crippen molar-refractivity contribution in [3.8, 4) is 5.75 Å². The first kappa shape index (κ1) is 14.9. The van der Waals surface area contributed by atoms with Crippen molar-refractivity contribution >= 4 is 17.3 Å². The summed E-state index contributed by atoms with van der Waals surface area (Å²) < 4.78 is 5.12. The van der Waals surface area contributed by atoms with E-state index in [0.717, 1.165) is 23.7 Å². The average molecular weight is 284 g/mol. The summed E-state index contributed by atoms with van der Waals surface area (Å²) in [6.45, 7) is 2.90. The molecule has 0 heterocycles. The number of carbonyl (C=O) groups is 1. The van der Waals surface area contributed by atoms with Crippen molar-refractivity contribution in [2.75, 3.05) is 30.9 Å². The minimum atomic E-state index is -0.0387. The molecule has 0 bridgehead atoms. The van der Waals surface area contributed by atoms with E-state index < -0.39 is 0 Å². The Morgan fingerprint density at radius 3 is 2.24 bits per heavy atom. The molecular formula is C17H20N2O2. The Balaban J connectivity index is 2.13. The number of hydrogen-bond donors (Lipinski definition) is 1. The van der Waals surface area contributed by atoms with Crippen molar-refractivity contribution in [2.45, 2.75) is 6.92 Å². The maximum absolute atomic E-state index is 12.4. The highest BCUT2D eigenvalue weighted by molar-refractivity contribution is 6.05. The van der Waals surface area contributed by atoms with Gasteiger partial charge in [0.15, 0.2) is 0 Å². The largest absolute Gasteiger partial charge is 0.497 e. The number of carbonyl (C=O) groups excluding carboxylic acids is 1. The Labute approximate surface area is 125 Å². The van der Waals surface area contributed by atoms with E-state index in [1.165, 1.54) is 0 Å². The molecule has 0 saturated carbocycles. The molecule has 2 aromatic carbocycles. The molecule has 2 aromatic rings. The molecule has 4 nitrogen and oxygen atoms in total. The Bertz CT molecular complexity index is 591. The van der Waals surface area contributed by atoms with E-state index in [1.807, 2.05) is 55.5 Å². The van der Waals surface area contributed by atoms with Crippen LogP contribution in [0.5, 0.6) is 5.75 Å². The SMILES string of the molecule is CCNc1ccc(C(=O)N(C)c2ccc(OC)cc2)cc1. The highest BCUT2D eigenvalue weighted by Gasteiger charge is 2.13. The third-order valence-corrected chi connectivity index (χ3v) is 3.28. The van der Waals surface area contributed by atoms with Gasteiger partial charge in [-0.05, 0) is 55.5 Å². The number of ether oxygens (including phenoxy) is 1. The lowest BCUT2D eigenvalue weighted by Gasteiger charge is -2.18. The second-order valence-corrected chi connectivity index (χ2v) is 4.67. The lowest BCUT2D eigenvalue weighted by atomic mass is 10.1. The van der Waals surface area contributed by atoms with Crippen LogP contribution in [-0.2, 0) is 0 Å². The van der Waals surface area contributed by atoms with Crippen LogP contribution in [-0.4, -0.2) is 26.6 Å². The fourth-order valence-electron chi connectivity index (χ4n) is 2.05. The lowest BCUT2D eigenvalue weighted by molar-refractivity contribution is 0.0993. The summed E-state index contributed by atoms with van der Waals surface area (Å²) in [4.78, 5) is 14.1. The maximum atomic E-state index is 12.4. The first-order chi connectivity index (χ1) is 10.2. The number of methoxy groups -OCH3 is 1. The normalized spacial score (nSPS) is 10.0. The zero-order valence-electron chi connectivity index (χ0n) is 12.6. The molecular weight excluding hydrogens is 264 g/mol. The zero-order chi connectivity index (χ0) is 15.2. The van der Waals surface area contributed by atoms with Crippen LogP contribution in [0.4, 0.5) is 11.4 Å². The predicted molar refractivity (Wildman–Crippen MR) is 86.3 cm³/mol. The van der Waals surface area contributed by atoms with Crippen LogP contribution in [0.25, 0.3) is 0 Å². The third-order valence-electron chi connectivity index (χ3n) is 3.28. The number of anilines is 2. The summed E-state index contributed by atoms with van der Waals surface area (Å²) in [5, 5.41) is 3.21. The molecule has 0 fully saturated rings. The van der Waals surface area contributed by atoms with Gasteiger partial charge < -0.3 is 15.0 Å². The molecule has 2 rings (SSSR count). The molecule has 0 aliphatic carbocycles. The van der Waals surface area contributed by atoms with Crippen LogP contribution in [0.1, 0.15) is 17.3 Å². The van der Waals surface area contributed by atoms with E-state index in [1.54, 1.807) is 19.1 Å². The fraction of sp³-hybridized carbons (Fsp3) is 0.235. The molecule has 110 valence electrons. The second-order valence-electron chi connectivity index (χ2n) is 4.67. The van der Waals surface area contributed by atoms with Crippen LogP contribution in [0, 0.1) is 0 Å². The van der Waals surface area contributed by atoms with Gasteiger partial charge in [-0.25, -0.2) is 0 Å². The number of nitrogens with zero attached hydrogens (tertiary/aromatic N) is 1. The molecule has 0 aliphatic rings. The predicted octanol–water partition coefficient (Wildman–Crippen LogP) is 3.40. The van der Waals surface area contributed by atoms with Gasteiger partial charge in [0.1, 0.15) is 5.75 Å². The molecule has 0 unspecified atom stereocenters. The van der Waals surface area contributed by atoms with E-state index >= 15 is 0 Å². The van der Waals surface area contributed by atoms with Gasteiger partial charge in [-0.3, -0.25) is 4.79 Å². The molecule has 1 amide bonds. The topological polar surface area (TPSA) is 41.6 Å². The van der Waals surface area contributed by atoms with Crippen LogP contribution in [0.2, 0.25) is 0 Å². The molecule has 0 saturated heterocycles. The van der Waals surface area contributed by atoms with Gasteiger partial charge in [0.05, 0.1) is 7.11 Å². The van der Waals surface area contributed by atoms with Crippen LogP contribution < -0.4 is 15.0 Å². The van der Waals surface area contributed by atoms with Crippen molar-refractivity contribution in [1.29, 1.82) is 0 Å². The van der Waals surface area contributed by atoms with Gasteiger partial charge in [-0.2, -0.15) is 0 Å². The maximum Gasteiger partial charge on any atom is 0.258 e. The van der Waals surface area contributed by atoms with Crippen molar-refractivity contribution in [2.24, 2.45) is 0 Å². The van der Waals surface area contributed by atoms with Gasteiger partial charge in [-0.1, -0.05) is 0 Å². The van der Waals surface area contributed by atoms with Crippen molar-refractivity contribution in [3.05, 3.63) is 54.1 Å². The number of amides is 1. The first-order valence-corrected chi connectivity index (χ1v) is 6.91. The van der Waals surface area contributed by atoms with E-state index in [4.69, 9.17) is 4.74 Å². The van der Waals surface area contributed by atoms with E-state index in [0.29, 0.717) is 5.56 Å². The zero-order valence-corrected chi connectivity index (χ0v) is 12.6. The number of rotatable bonds is 5. The van der Waals surface area contributed by atoms with E-state index in [9.17, 15) is 4.79 Å². The summed E-state index contributed by atoms with van der Waals surface area (Å²) in [5.41, 5.74) is 2.51.